The monoisotopic (exact) mass is 343 g/mol. The first-order chi connectivity index (χ1) is 11.7. The van der Waals surface area contributed by atoms with Crippen LogP contribution in [0.15, 0.2) is 41.9 Å². The molecule has 126 valence electrons. The lowest BCUT2D eigenvalue weighted by Gasteiger charge is -2.22. The molecule has 1 saturated carbocycles. The highest BCUT2D eigenvalue weighted by Gasteiger charge is 2.27. The molecule has 1 heterocycles. The molecule has 5 nitrogen and oxygen atoms in total. The maximum absolute atomic E-state index is 12.6. The number of hydrogen-bond donors (Lipinski definition) is 1. The van der Waals surface area contributed by atoms with Crippen molar-refractivity contribution in [2.75, 3.05) is 18.4 Å². The number of hydrogen-bond acceptors (Lipinski definition) is 4. The van der Waals surface area contributed by atoms with Crippen LogP contribution in [0.2, 0.25) is 0 Å². The molecule has 0 unspecified atom stereocenters. The van der Waals surface area contributed by atoms with E-state index in [0.29, 0.717) is 30.4 Å². The Bertz CT molecular complexity index is 669. The maximum Gasteiger partial charge on any atom is 0.245 e. The number of benzene rings is 1. The minimum atomic E-state index is -0.182. The fraction of sp³-hybridized carbons (Fsp3) is 0.389. The van der Waals surface area contributed by atoms with E-state index in [-0.39, 0.29) is 18.4 Å². The van der Waals surface area contributed by atoms with E-state index >= 15 is 0 Å². The van der Waals surface area contributed by atoms with Crippen LogP contribution < -0.4 is 5.32 Å². The molecule has 2 amide bonds. The number of aromatic nitrogens is 1. The molecule has 1 fully saturated rings. The molecule has 0 aliphatic heterocycles. The average Bonchev–Trinajstić information content (AvgIpc) is 3.26. The quantitative estimate of drug-likeness (QED) is 0.801. The van der Waals surface area contributed by atoms with Gasteiger partial charge in [-0.1, -0.05) is 30.3 Å². The standard InChI is InChI=1S/C18H21N3O2S/c22-16(20-18-19-10-11-24-18)13-21(12-15-6-7-15)17(23)9-8-14-4-2-1-3-5-14/h1-5,10-11,15H,6-9,12-13H2,(H,19,20,22). The third-order valence-corrected chi connectivity index (χ3v) is 4.70. The number of rotatable bonds is 8. The largest absolute Gasteiger partial charge is 0.333 e. The summed E-state index contributed by atoms with van der Waals surface area (Å²) in [5.74, 6) is 0.414. The second-order valence-electron chi connectivity index (χ2n) is 6.09. The number of aryl methyl sites for hydroxylation is 1. The van der Waals surface area contributed by atoms with Gasteiger partial charge in [-0.3, -0.25) is 9.59 Å². The molecule has 2 aromatic rings. The number of nitrogens with zero attached hydrogens (tertiary/aromatic N) is 2. The molecular weight excluding hydrogens is 322 g/mol. The fourth-order valence-electron chi connectivity index (χ4n) is 2.54. The number of amides is 2. The Kier molecular flexibility index (Phi) is 5.59. The molecule has 6 heteroatoms. The van der Waals surface area contributed by atoms with Gasteiger partial charge in [0.1, 0.15) is 0 Å². The van der Waals surface area contributed by atoms with Crippen LogP contribution >= 0.6 is 11.3 Å². The summed E-state index contributed by atoms with van der Waals surface area (Å²) in [6.07, 6.45) is 5.08. The smallest absolute Gasteiger partial charge is 0.245 e. The third kappa shape index (κ3) is 5.16. The summed E-state index contributed by atoms with van der Waals surface area (Å²) in [5.41, 5.74) is 1.14. The zero-order valence-electron chi connectivity index (χ0n) is 13.5. The number of thiazole rings is 1. The van der Waals surface area contributed by atoms with Crippen molar-refractivity contribution < 1.29 is 9.59 Å². The van der Waals surface area contributed by atoms with Crippen molar-refractivity contribution in [2.45, 2.75) is 25.7 Å². The van der Waals surface area contributed by atoms with Crippen LogP contribution in [-0.2, 0) is 16.0 Å². The Morgan fingerprint density at radius 3 is 2.71 bits per heavy atom. The Labute approximate surface area is 145 Å². The van der Waals surface area contributed by atoms with Gasteiger partial charge >= 0.3 is 0 Å². The minimum absolute atomic E-state index is 0.0417. The topological polar surface area (TPSA) is 62.3 Å². The van der Waals surface area contributed by atoms with Gasteiger partial charge in [0.05, 0.1) is 6.54 Å². The molecule has 3 rings (SSSR count). The molecule has 1 N–H and O–H groups in total. The van der Waals surface area contributed by atoms with Crippen LogP contribution in [0.3, 0.4) is 0 Å². The van der Waals surface area contributed by atoms with Gasteiger partial charge in [-0.15, -0.1) is 11.3 Å². The molecular formula is C18H21N3O2S. The number of anilines is 1. The zero-order chi connectivity index (χ0) is 16.8. The summed E-state index contributed by atoms with van der Waals surface area (Å²) in [6.45, 7) is 0.780. The molecule has 0 bridgehead atoms. The van der Waals surface area contributed by atoms with E-state index in [1.54, 1.807) is 11.1 Å². The molecule has 0 radical (unpaired) electrons. The van der Waals surface area contributed by atoms with Gasteiger partial charge in [-0.2, -0.15) is 0 Å². The van der Waals surface area contributed by atoms with Crippen molar-refractivity contribution in [3.63, 3.8) is 0 Å². The Balaban J connectivity index is 1.53. The van der Waals surface area contributed by atoms with Crippen molar-refractivity contribution in [1.82, 2.24) is 9.88 Å². The SMILES string of the molecule is O=C(CN(CC1CC1)C(=O)CCc1ccccc1)Nc1nccs1. The third-order valence-electron chi connectivity index (χ3n) is 4.01. The van der Waals surface area contributed by atoms with Gasteiger partial charge in [0.15, 0.2) is 5.13 Å². The first kappa shape index (κ1) is 16.6. The van der Waals surface area contributed by atoms with Crippen LogP contribution in [0.1, 0.15) is 24.8 Å². The highest BCUT2D eigenvalue weighted by atomic mass is 32.1. The van der Waals surface area contributed by atoms with E-state index in [9.17, 15) is 9.59 Å². The summed E-state index contributed by atoms with van der Waals surface area (Å²) in [7, 11) is 0. The van der Waals surface area contributed by atoms with E-state index in [0.717, 1.165) is 18.4 Å². The van der Waals surface area contributed by atoms with Gasteiger partial charge in [0, 0.05) is 24.5 Å². The van der Waals surface area contributed by atoms with Crippen LogP contribution in [0.5, 0.6) is 0 Å². The maximum atomic E-state index is 12.6. The molecule has 0 atom stereocenters. The van der Waals surface area contributed by atoms with E-state index in [4.69, 9.17) is 0 Å². The van der Waals surface area contributed by atoms with Gasteiger partial charge < -0.3 is 10.2 Å². The predicted molar refractivity (Wildman–Crippen MR) is 94.8 cm³/mol. The molecule has 24 heavy (non-hydrogen) atoms. The second kappa shape index (κ2) is 8.06. The van der Waals surface area contributed by atoms with E-state index in [2.05, 4.69) is 10.3 Å². The van der Waals surface area contributed by atoms with Crippen molar-refractivity contribution in [3.05, 3.63) is 47.5 Å². The van der Waals surface area contributed by atoms with E-state index in [1.807, 2.05) is 35.7 Å². The molecule has 1 aromatic heterocycles. The number of carbonyl (C=O) groups is 2. The Hall–Kier alpha value is -2.21. The number of nitrogens with one attached hydrogen (secondary N) is 1. The Morgan fingerprint density at radius 1 is 1.25 bits per heavy atom. The van der Waals surface area contributed by atoms with Gasteiger partial charge in [-0.05, 0) is 30.7 Å². The van der Waals surface area contributed by atoms with Crippen molar-refractivity contribution in [2.24, 2.45) is 5.92 Å². The summed E-state index contributed by atoms with van der Waals surface area (Å²) in [5, 5.41) is 5.13. The molecule has 1 aliphatic carbocycles. The number of carbonyl (C=O) groups excluding carboxylic acids is 2. The second-order valence-corrected chi connectivity index (χ2v) is 6.98. The lowest BCUT2D eigenvalue weighted by Crippen LogP contribution is -2.39. The first-order valence-electron chi connectivity index (χ1n) is 8.22. The van der Waals surface area contributed by atoms with E-state index in [1.165, 1.54) is 11.3 Å². The van der Waals surface area contributed by atoms with Crippen LogP contribution in [0, 0.1) is 5.92 Å². The lowest BCUT2D eigenvalue weighted by molar-refractivity contribution is -0.134. The first-order valence-corrected chi connectivity index (χ1v) is 9.10. The minimum Gasteiger partial charge on any atom is -0.333 e. The van der Waals surface area contributed by atoms with Gasteiger partial charge in [0.2, 0.25) is 11.8 Å². The zero-order valence-corrected chi connectivity index (χ0v) is 14.3. The van der Waals surface area contributed by atoms with Crippen LogP contribution in [-0.4, -0.2) is 34.8 Å². The molecule has 0 spiro atoms. The summed E-state index contributed by atoms with van der Waals surface area (Å²) < 4.78 is 0. The van der Waals surface area contributed by atoms with E-state index < -0.39 is 0 Å². The predicted octanol–water partition coefficient (Wildman–Crippen LogP) is 2.95. The van der Waals surface area contributed by atoms with Crippen LogP contribution in [0.25, 0.3) is 0 Å². The molecule has 1 aromatic carbocycles. The van der Waals surface area contributed by atoms with Crippen molar-refractivity contribution >= 4 is 28.3 Å². The summed E-state index contributed by atoms with van der Waals surface area (Å²) in [4.78, 5) is 30.5. The van der Waals surface area contributed by atoms with Crippen molar-refractivity contribution in [1.29, 1.82) is 0 Å². The van der Waals surface area contributed by atoms with Crippen molar-refractivity contribution in [3.8, 4) is 0 Å². The Morgan fingerprint density at radius 2 is 2.04 bits per heavy atom. The highest BCUT2D eigenvalue weighted by Crippen LogP contribution is 2.30. The molecule has 0 saturated heterocycles. The molecule has 1 aliphatic rings. The highest BCUT2D eigenvalue weighted by molar-refractivity contribution is 7.13. The lowest BCUT2D eigenvalue weighted by atomic mass is 10.1. The average molecular weight is 343 g/mol. The van der Waals surface area contributed by atoms with Crippen LogP contribution in [0.4, 0.5) is 5.13 Å². The normalized spacial score (nSPS) is 13.5. The van der Waals surface area contributed by atoms with Gasteiger partial charge in [-0.25, -0.2) is 4.98 Å². The summed E-state index contributed by atoms with van der Waals surface area (Å²) in [6, 6.07) is 9.96. The van der Waals surface area contributed by atoms with Gasteiger partial charge in [0.25, 0.3) is 0 Å². The fourth-order valence-corrected chi connectivity index (χ4v) is 3.08. The summed E-state index contributed by atoms with van der Waals surface area (Å²) >= 11 is 1.37.